The predicted octanol–water partition coefficient (Wildman–Crippen LogP) is 2.74. The van der Waals surface area contributed by atoms with Crippen molar-refractivity contribution in [3.05, 3.63) is 30.1 Å². The summed E-state index contributed by atoms with van der Waals surface area (Å²) in [7, 11) is 0. The van der Waals surface area contributed by atoms with Gasteiger partial charge in [0, 0.05) is 31.4 Å². The van der Waals surface area contributed by atoms with Gasteiger partial charge in [0.15, 0.2) is 5.96 Å². The minimum Gasteiger partial charge on any atom is -0.370 e. The second-order valence-electron chi connectivity index (χ2n) is 6.19. The summed E-state index contributed by atoms with van der Waals surface area (Å²) in [5.74, 6) is 2.30. The maximum absolute atomic E-state index is 5.90. The van der Waals surface area contributed by atoms with E-state index in [9.17, 15) is 0 Å². The molecule has 2 atom stereocenters. The Bertz CT molecular complexity index is 430. The monoisotopic (exact) mass is 288 g/mol. The fraction of sp³-hybridized carbons (Fsp3) is 0.647. The van der Waals surface area contributed by atoms with Crippen LogP contribution in [0.15, 0.2) is 29.4 Å². The first kappa shape index (κ1) is 15.8. The third kappa shape index (κ3) is 6.15. The molecule has 1 aromatic rings. The number of rotatable bonds is 6. The highest BCUT2D eigenvalue weighted by atomic mass is 15.1. The highest BCUT2D eigenvalue weighted by molar-refractivity contribution is 5.77. The van der Waals surface area contributed by atoms with Crippen LogP contribution in [0.4, 0.5) is 0 Å². The average Bonchev–Trinajstić information content (AvgIpc) is 2.48. The summed E-state index contributed by atoms with van der Waals surface area (Å²) < 4.78 is 0. The lowest BCUT2D eigenvalue weighted by atomic mass is 9.81. The Kier molecular flexibility index (Phi) is 6.51. The van der Waals surface area contributed by atoms with Gasteiger partial charge >= 0.3 is 0 Å². The number of nitrogens with two attached hydrogens (primary N) is 1. The van der Waals surface area contributed by atoms with Crippen LogP contribution in [0.5, 0.6) is 0 Å². The lowest BCUT2D eigenvalue weighted by Gasteiger charge is -2.26. The van der Waals surface area contributed by atoms with Crippen molar-refractivity contribution < 1.29 is 0 Å². The molecule has 2 rings (SSSR count). The molecule has 0 radical (unpaired) electrons. The van der Waals surface area contributed by atoms with Gasteiger partial charge in [-0.2, -0.15) is 0 Å². The smallest absolute Gasteiger partial charge is 0.188 e. The van der Waals surface area contributed by atoms with Crippen molar-refractivity contribution >= 4 is 5.96 Å². The van der Waals surface area contributed by atoms with E-state index in [0.717, 1.165) is 37.0 Å². The van der Waals surface area contributed by atoms with E-state index in [2.05, 4.69) is 22.2 Å². The lowest BCUT2D eigenvalue weighted by Crippen LogP contribution is -2.33. The Morgan fingerprint density at radius 2 is 2.33 bits per heavy atom. The first-order valence-electron chi connectivity index (χ1n) is 8.17. The summed E-state index contributed by atoms with van der Waals surface area (Å²) >= 11 is 0. The van der Waals surface area contributed by atoms with Gasteiger partial charge in [0.2, 0.25) is 0 Å². The summed E-state index contributed by atoms with van der Waals surface area (Å²) in [5.41, 5.74) is 6.98. The molecular weight excluding hydrogens is 260 g/mol. The topological polar surface area (TPSA) is 63.3 Å². The Morgan fingerprint density at radius 1 is 1.43 bits per heavy atom. The van der Waals surface area contributed by atoms with Crippen LogP contribution in [0.25, 0.3) is 0 Å². The van der Waals surface area contributed by atoms with Gasteiger partial charge in [0.1, 0.15) is 0 Å². The van der Waals surface area contributed by atoms with Crippen molar-refractivity contribution in [3.63, 3.8) is 0 Å². The number of nitrogens with one attached hydrogen (secondary N) is 1. The molecule has 116 valence electrons. The number of aliphatic imine (C=N–C) groups is 1. The summed E-state index contributed by atoms with van der Waals surface area (Å²) in [6, 6.07) is 5.96. The minimum atomic E-state index is 0.565. The van der Waals surface area contributed by atoms with Crippen molar-refractivity contribution in [2.75, 3.05) is 13.1 Å². The number of nitrogens with zero attached hydrogens (tertiary/aromatic N) is 2. The molecule has 0 amide bonds. The normalized spacial score (nSPS) is 23.0. The first-order valence-corrected chi connectivity index (χ1v) is 8.17. The molecule has 0 bridgehead atoms. The van der Waals surface area contributed by atoms with Crippen LogP contribution in [0.1, 0.15) is 44.7 Å². The molecule has 0 aliphatic heterocycles. The lowest BCUT2D eigenvalue weighted by molar-refractivity contribution is 0.273. The molecule has 2 unspecified atom stereocenters. The zero-order valence-corrected chi connectivity index (χ0v) is 13.1. The second-order valence-corrected chi connectivity index (χ2v) is 6.19. The van der Waals surface area contributed by atoms with E-state index in [1.165, 1.54) is 32.1 Å². The van der Waals surface area contributed by atoms with Crippen LogP contribution in [0.2, 0.25) is 0 Å². The van der Waals surface area contributed by atoms with Crippen LogP contribution in [-0.4, -0.2) is 24.0 Å². The van der Waals surface area contributed by atoms with Gasteiger partial charge in [-0.3, -0.25) is 9.98 Å². The number of pyridine rings is 1. The Balaban J connectivity index is 1.60. The SMILES string of the molecule is CC1CCCC(CCN=C(N)NCCc2ccccn2)C1. The van der Waals surface area contributed by atoms with Crippen molar-refractivity contribution in [2.45, 2.75) is 45.4 Å². The fourth-order valence-electron chi connectivity index (χ4n) is 3.11. The third-order valence-corrected chi connectivity index (χ3v) is 4.28. The molecule has 1 aromatic heterocycles. The van der Waals surface area contributed by atoms with E-state index in [-0.39, 0.29) is 0 Å². The molecule has 1 heterocycles. The van der Waals surface area contributed by atoms with Gasteiger partial charge in [-0.1, -0.05) is 32.3 Å². The molecule has 0 spiro atoms. The van der Waals surface area contributed by atoms with E-state index >= 15 is 0 Å². The predicted molar refractivity (Wildman–Crippen MR) is 88.2 cm³/mol. The van der Waals surface area contributed by atoms with Crippen LogP contribution in [-0.2, 0) is 6.42 Å². The Morgan fingerprint density at radius 3 is 3.10 bits per heavy atom. The van der Waals surface area contributed by atoms with E-state index in [1.807, 2.05) is 24.4 Å². The van der Waals surface area contributed by atoms with E-state index < -0.39 is 0 Å². The van der Waals surface area contributed by atoms with E-state index in [4.69, 9.17) is 5.73 Å². The Labute approximate surface area is 128 Å². The van der Waals surface area contributed by atoms with Gasteiger partial charge in [-0.05, 0) is 36.8 Å². The van der Waals surface area contributed by atoms with Crippen molar-refractivity contribution in [2.24, 2.45) is 22.6 Å². The van der Waals surface area contributed by atoms with Crippen LogP contribution in [0.3, 0.4) is 0 Å². The quantitative estimate of drug-likeness (QED) is 0.625. The van der Waals surface area contributed by atoms with E-state index in [1.54, 1.807) is 0 Å². The molecule has 1 saturated carbocycles. The molecule has 1 fully saturated rings. The summed E-state index contributed by atoms with van der Waals surface area (Å²) in [6.45, 7) is 4.00. The summed E-state index contributed by atoms with van der Waals surface area (Å²) in [6.07, 6.45) is 9.38. The van der Waals surface area contributed by atoms with Gasteiger partial charge < -0.3 is 11.1 Å². The van der Waals surface area contributed by atoms with E-state index in [0.29, 0.717) is 5.96 Å². The zero-order valence-electron chi connectivity index (χ0n) is 13.1. The van der Waals surface area contributed by atoms with Crippen LogP contribution in [0, 0.1) is 11.8 Å². The van der Waals surface area contributed by atoms with Gasteiger partial charge in [0.25, 0.3) is 0 Å². The molecule has 4 nitrogen and oxygen atoms in total. The number of guanidine groups is 1. The zero-order chi connectivity index (χ0) is 14.9. The largest absolute Gasteiger partial charge is 0.370 e. The van der Waals surface area contributed by atoms with Crippen molar-refractivity contribution in [1.82, 2.24) is 10.3 Å². The third-order valence-electron chi connectivity index (χ3n) is 4.28. The second kappa shape index (κ2) is 8.65. The average molecular weight is 288 g/mol. The molecule has 0 aromatic carbocycles. The van der Waals surface area contributed by atoms with Crippen LogP contribution < -0.4 is 11.1 Å². The van der Waals surface area contributed by atoms with Gasteiger partial charge in [0.05, 0.1) is 0 Å². The first-order chi connectivity index (χ1) is 10.2. The fourth-order valence-corrected chi connectivity index (χ4v) is 3.11. The minimum absolute atomic E-state index is 0.565. The molecule has 4 heteroatoms. The highest BCUT2D eigenvalue weighted by Gasteiger charge is 2.18. The van der Waals surface area contributed by atoms with Gasteiger partial charge in [-0.25, -0.2) is 0 Å². The summed E-state index contributed by atoms with van der Waals surface area (Å²) in [4.78, 5) is 8.72. The van der Waals surface area contributed by atoms with Crippen molar-refractivity contribution in [1.29, 1.82) is 0 Å². The number of aromatic nitrogens is 1. The Hall–Kier alpha value is -1.58. The number of hydrogen-bond acceptors (Lipinski definition) is 2. The van der Waals surface area contributed by atoms with Crippen LogP contribution >= 0.6 is 0 Å². The maximum atomic E-state index is 5.90. The maximum Gasteiger partial charge on any atom is 0.188 e. The van der Waals surface area contributed by atoms with Gasteiger partial charge in [-0.15, -0.1) is 0 Å². The molecule has 0 saturated heterocycles. The number of hydrogen-bond donors (Lipinski definition) is 2. The van der Waals surface area contributed by atoms with Crippen molar-refractivity contribution in [3.8, 4) is 0 Å². The molecule has 1 aliphatic rings. The molecule has 3 N–H and O–H groups in total. The molecule has 21 heavy (non-hydrogen) atoms. The molecular formula is C17H28N4. The highest BCUT2D eigenvalue weighted by Crippen LogP contribution is 2.30. The molecule has 1 aliphatic carbocycles. The summed E-state index contributed by atoms with van der Waals surface area (Å²) in [5, 5.41) is 3.17. The standard InChI is InChI=1S/C17H28N4/c1-14-5-4-6-15(13-14)8-11-20-17(18)21-12-9-16-7-2-3-10-19-16/h2-3,7,10,14-15H,4-6,8-9,11-13H2,1H3,(H3,18,20,21).